The van der Waals surface area contributed by atoms with Crippen molar-refractivity contribution in [1.82, 2.24) is 14.1 Å². The van der Waals surface area contributed by atoms with Crippen LogP contribution < -0.4 is 5.32 Å². The molecule has 0 spiro atoms. The van der Waals surface area contributed by atoms with Crippen LogP contribution >= 0.6 is 23.5 Å². The summed E-state index contributed by atoms with van der Waals surface area (Å²) in [6.07, 6.45) is 5.95. The molecule has 18 heavy (non-hydrogen) atoms. The van der Waals surface area contributed by atoms with Crippen LogP contribution in [-0.4, -0.2) is 27.6 Å². The minimum atomic E-state index is 0.795. The normalized spacial score (nSPS) is 16.1. The van der Waals surface area contributed by atoms with E-state index in [2.05, 4.69) is 34.0 Å². The lowest BCUT2D eigenvalue weighted by atomic mass is 10.1. The Hall–Kier alpha value is -0.390. The van der Waals surface area contributed by atoms with Crippen LogP contribution in [-0.2, 0) is 0 Å². The van der Waals surface area contributed by atoms with Gasteiger partial charge in [0.25, 0.3) is 0 Å². The van der Waals surface area contributed by atoms with Crippen LogP contribution in [0.2, 0.25) is 0 Å². The van der Waals surface area contributed by atoms with Gasteiger partial charge in [0.2, 0.25) is 0 Å². The van der Waals surface area contributed by atoms with E-state index in [0.717, 1.165) is 41.9 Å². The van der Waals surface area contributed by atoms with Crippen LogP contribution in [0.4, 0.5) is 0 Å². The summed E-state index contributed by atoms with van der Waals surface area (Å²) in [7, 11) is 0. The maximum absolute atomic E-state index is 4.46. The molecule has 1 aromatic heterocycles. The van der Waals surface area contributed by atoms with Crippen molar-refractivity contribution in [3.8, 4) is 0 Å². The molecule has 0 aliphatic carbocycles. The number of hydrogen-bond donors (Lipinski definition) is 1. The van der Waals surface area contributed by atoms with E-state index >= 15 is 0 Å². The Kier molecular flexibility index (Phi) is 5.66. The predicted octanol–water partition coefficient (Wildman–Crippen LogP) is 3.44. The summed E-state index contributed by atoms with van der Waals surface area (Å²) in [5.74, 6) is 1.95. The van der Waals surface area contributed by atoms with Gasteiger partial charge < -0.3 is 5.32 Å². The number of thioether (sulfide) groups is 1. The van der Waals surface area contributed by atoms with E-state index in [4.69, 9.17) is 0 Å². The molecular formula is C13H21N3S2. The van der Waals surface area contributed by atoms with Gasteiger partial charge in [0.15, 0.2) is 0 Å². The van der Waals surface area contributed by atoms with Gasteiger partial charge in [0.05, 0.1) is 11.7 Å². The maximum atomic E-state index is 4.46. The summed E-state index contributed by atoms with van der Waals surface area (Å²) >= 11 is 3.19. The fourth-order valence-electron chi connectivity index (χ4n) is 1.96. The van der Waals surface area contributed by atoms with Gasteiger partial charge in [-0.15, -0.1) is 11.8 Å². The monoisotopic (exact) mass is 283 g/mol. The lowest BCUT2D eigenvalue weighted by Crippen LogP contribution is -2.21. The van der Waals surface area contributed by atoms with Crippen LogP contribution in [0, 0.1) is 5.92 Å². The highest BCUT2D eigenvalue weighted by molar-refractivity contribution is 7.99. The molecule has 1 aliphatic heterocycles. The third-order valence-electron chi connectivity index (χ3n) is 2.95. The topological polar surface area (TPSA) is 37.8 Å². The highest BCUT2D eigenvalue weighted by atomic mass is 32.2. The molecule has 0 saturated carbocycles. The molecule has 2 rings (SSSR count). The van der Waals surface area contributed by atoms with Crippen molar-refractivity contribution in [2.45, 2.75) is 38.1 Å². The summed E-state index contributed by atoms with van der Waals surface area (Å²) in [6.45, 7) is 6.57. The van der Waals surface area contributed by atoms with Crippen molar-refractivity contribution in [1.29, 1.82) is 0 Å². The zero-order valence-electron chi connectivity index (χ0n) is 11.1. The van der Waals surface area contributed by atoms with Crippen LogP contribution in [0.3, 0.4) is 0 Å². The third kappa shape index (κ3) is 4.07. The zero-order chi connectivity index (χ0) is 12.8. The average molecular weight is 283 g/mol. The lowest BCUT2D eigenvalue weighted by Gasteiger charge is -2.13. The van der Waals surface area contributed by atoms with Gasteiger partial charge >= 0.3 is 0 Å². The van der Waals surface area contributed by atoms with Gasteiger partial charge in [-0.2, -0.15) is 8.75 Å². The van der Waals surface area contributed by atoms with E-state index in [1.807, 2.05) is 11.8 Å². The average Bonchev–Trinajstić information content (AvgIpc) is 2.84. The first-order chi connectivity index (χ1) is 8.77. The third-order valence-corrected chi connectivity index (χ3v) is 4.65. The molecule has 0 radical (unpaired) electrons. The Balaban J connectivity index is 1.89. The minimum absolute atomic E-state index is 0.795. The number of nitrogens with zero attached hydrogens (tertiary/aromatic N) is 2. The zero-order valence-corrected chi connectivity index (χ0v) is 12.7. The molecule has 100 valence electrons. The van der Waals surface area contributed by atoms with Crippen LogP contribution in [0.25, 0.3) is 5.57 Å². The van der Waals surface area contributed by atoms with Crippen molar-refractivity contribution in [3.63, 3.8) is 0 Å². The first-order valence-corrected chi connectivity index (χ1v) is 8.34. The summed E-state index contributed by atoms with van der Waals surface area (Å²) in [6, 6.07) is 0. The molecule has 5 heteroatoms. The highest BCUT2D eigenvalue weighted by Crippen LogP contribution is 2.28. The summed E-state index contributed by atoms with van der Waals surface area (Å²) < 4.78 is 8.89. The molecule has 1 aromatic rings. The fourth-order valence-corrected chi connectivity index (χ4v) is 3.63. The minimum Gasteiger partial charge on any atom is -0.312 e. The van der Waals surface area contributed by atoms with E-state index in [0.29, 0.717) is 0 Å². The van der Waals surface area contributed by atoms with Gasteiger partial charge in [-0.25, -0.2) is 0 Å². The second-order valence-corrected chi connectivity index (χ2v) is 6.61. The Bertz CT molecular complexity index is 399. The SMILES string of the molecule is CC(C)CCCSc1nsnc1C1=CCCNC1. The van der Waals surface area contributed by atoms with Crippen LogP contribution in [0.1, 0.15) is 38.8 Å². The Morgan fingerprint density at radius 1 is 1.44 bits per heavy atom. The predicted molar refractivity (Wildman–Crippen MR) is 80.2 cm³/mol. The molecule has 0 atom stereocenters. The molecule has 1 aliphatic rings. The molecule has 3 nitrogen and oxygen atoms in total. The molecule has 1 N–H and O–H groups in total. The van der Waals surface area contributed by atoms with Crippen molar-refractivity contribution in [2.75, 3.05) is 18.8 Å². The molecule has 0 saturated heterocycles. The Morgan fingerprint density at radius 3 is 3.06 bits per heavy atom. The molecule has 0 unspecified atom stereocenters. The van der Waals surface area contributed by atoms with Crippen molar-refractivity contribution in [3.05, 3.63) is 11.8 Å². The van der Waals surface area contributed by atoms with E-state index in [1.54, 1.807) is 0 Å². The van der Waals surface area contributed by atoms with Gasteiger partial charge in [0, 0.05) is 6.54 Å². The molecule has 0 aromatic carbocycles. The summed E-state index contributed by atoms with van der Waals surface area (Å²) in [4.78, 5) is 0. The van der Waals surface area contributed by atoms with E-state index < -0.39 is 0 Å². The maximum Gasteiger partial charge on any atom is 0.138 e. The highest BCUT2D eigenvalue weighted by Gasteiger charge is 2.14. The van der Waals surface area contributed by atoms with E-state index in [-0.39, 0.29) is 0 Å². The quantitative estimate of drug-likeness (QED) is 0.641. The number of nitrogens with one attached hydrogen (secondary N) is 1. The largest absolute Gasteiger partial charge is 0.312 e. The molecule has 2 heterocycles. The second-order valence-electron chi connectivity index (χ2n) is 5.00. The van der Waals surface area contributed by atoms with Gasteiger partial charge in [-0.3, -0.25) is 0 Å². The lowest BCUT2D eigenvalue weighted by molar-refractivity contribution is 0.579. The Morgan fingerprint density at radius 2 is 2.33 bits per heavy atom. The smallest absolute Gasteiger partial charge is 0.138 e. The van der Waals surface area contributed by atoms with Gasteiger partial charge in [-0.1, -0.05) is 26.3 Å². The molecule has 0 amide bonds. The molecule has 0 bridgehead atoms. The van der Waals surface area contributed by atoms with Crippen molar-refractivity contribution < 1.29 is 0 Å². The second kappa shape index (κ2) is 7.26. The van der Waals surface area contributed by atoms with Crippen molar-refractivity contribution in [2.24, 2.45) is 5.92 Å². The Labute approximate surface area is 118 Å². The molecular weight excluding hydrogens is 262 g/mol. The first-order valence-electron chi connectivity index (χ1n) is 6.63. The summed E-state index contributed by atoms with van der Waals surface area (Å²) in [5.41, 5.74) is 2.43. The number of hydrogen-bond acceptors (Lipinski definition) is 5. The standard InChI is InChI=1S/C13H21N3S2/c1-10(2)5-4-8-17-13-12(15-18-16-13)11-6-3-7-14-9-11/h6,10,14H,3-5,7-9H2,1-2H3. The van der Waals surface area contributed by atoms with E-state index in [1.165, 1.54) is 30.1 Å². The summed E-state index contributed by atoms with van der Waals surface area (Å²) in [5, 5.41) is 4.52. The van der Waals surface area contributed by atoms with Crippen LogP contribution in [0.5, 0.6) is 0 Å². The van der Waals surface area contributed by atoms with Crippen LogP contribution in [0.15, 0.2) is 11.1 Å². The van der Waals surface area contributed by atoms with E-state index in [9.17, 15) is 0 Å². The first kappa shape index (κ1) is 14.0. The molecule has 0 fully saturated rings. The van der Waals surface area contributed by atoms with Gasteiger partial charge in [-0.05, 0) is 36.6 Å². The number of rotatable bonds is 6. The van der Waals surface area contributed by atoms with Crippen molar-refractivity contribution >= 4 is 29.1 Å². The number of aromatic nitrogens is 2. The fraction of sp³-hybridized carbons (Fsp3) is 0.692. The van der Waals surface area contributed by atoms with Gasteiger partial charge in [0.1, 0.15) is 10.7 Å².